The second-order valence-electron chi connectivity index (χ2n) is 5.32. The fraction of sp³-hybridized carbons (Fsp3) is 0.923. The van der Waals surface area contributed by atoms with Gasteiger partial charge in [0.05, 0.1) is 6.04 Å². The van der Waals surface area contributed by atoms with Gasteiger partial charge in [0.15, 0.2) is 0 Å². The van der Waals surface area contributed by atoms with Crippen LogP contribution in [0.1, 0.15) is 39.0 Å². The van der Waals surface area contributed by atoms with E-state index in [0.29, 0.717) is 0 Å². The lowest BCUT2D eigenvalue weighted by atomic mass is 9.88. The molecule has 0 unspecified atom stereocenters. The number of rotatable bonds is 5. The van der Waals surface area contributed by atoms with E-state index in [2.05, 4.69) is 17.3 Å². The largest absolute Gasteiger partial charge is 0.358 e. The first-order valence-corrected chi connectivity index (χ1v) is 6.73. The van der Waals surface area contributed by atoms with E-state index >= 15 is 0 Å². The average Bonchev–Trinajstić information content (AvgIpc) is 2.37. The van der Waals surface area contributed by atoms with Crippen LogP contribution in [0.2, 0.25) is 0 Å². The number of nitrogens with one attached hydrogen (secondary N) is 1. The van der Waals surface area contributed by atoms with Crippen LogP contribution < -0.4 is 11.1 Å². The summed E-state index contributed by atoms with van der Waals surface area (Å²) in [6.07, 6.45) is 6.74. The van der Waals surface area contributed by atoms with E-state index in [1.165, 1.54) is 32.1 Å². The number of hydrogen-bond acceptors (Lipinski definition) is 3. The summed E-state index contributed by atoms with van der Waals surface area (Å²) in [6.45, 7) is 3.09. The molecule has 4 nitrogen and oxygen atoms in total. The minimum absolute atomic E-state index is 0.0759. The Balaban J connectivity index is 2.39. The number of amides is 1. The lowest BCUT2D eigenvalue weighted by molar-refractivity contribution is -0.123. The van der Waals surface area contributed by atoms with Crippen molar-refractivity contribution in [1.29, 1.82) is 0 Å². The summed E-state index contributed by atoms with van der Waals surface area (Å²) in [5.74, 6) is 0.709. The molecule has 1 amide bonds. The molecule has 0 heterocycles. The topological polar surface area (TPSA) is 58.4 Å². The molecule has 0 aromatic carbocycles. The molecule has 4 heteroatoms. The van der Waals surface area contributed by atoms with E-state index in [-0.39, 0.29) is 11.9 Å². The van der Waals surface area contributed by atoms with Gasteiger partial charge in [-0.05, 0) is 32.7 Å². The summed E-state index contributed by atoms with van der Waals surface area (Å²) in [7, 11) is 3.71. The summed E-state index contributed by atoms with van der Waals surface area (Å²) < 4.78 is 0. The monoisotopic (exact) mass is 241 g/mol. The molecule has 0 spiro atoms. The highest BCUT2D eigenvalue weighted by Gasteiger charge is 2.25. The number of carbonyl (C=O) groups is 1. The molecule has 1 aliphatic carbocycles. The van der Waals surface area contributed by atoms with E-state index in [9.17, 15) is 4.79 Å². The first-order chi connectivity index (χ1) is 8.06. The molecule has 0 bridgehead atoms. The van der Waals surface area contributed by atoms with Crippen LogP contribution in [0.5, 0.6) is 0 Å². The Bertz CT molecular complexity index is 239. The predicted molar refractivity (Wildman–Crippen MR) is 70.7 cm³/mol. The van der Waals surface area contributed by atoms with E-state index in [1.807, 2.05) is 6.92 Å². The van der Waals surface area contributed by atoms with Crippen molar-refractivity contribution in [2.45, 2.75) is 51.1 Å². The van der Waals surface area contributed by atoms with Gasteiger partial charge < -0.3 is 16.0 Å². The molecule has 1 fully saturated rings. The molecule has 0 aliphatic heterocycles. The smallest absolute Gasteiger partial charge is 0.238 e. The van der Waals surface area contributed by atoms with Crippen LogP contribution in [-0.4, -0.2) is 43.5 Å². The van der Waals surface area contributed by atoms with Crippen LogP contribution in [-0.2, 0) is 4.79 Å². The van der Waals surface area contributed by atoms with Crippen LogP contribution in [0.15, 0.2) is 0 Å². The molecule has 0 saturated heterocycles. The van der Waals surface area contributed by atoms with Crippen molar-refractivity contribution in [3.63, 3.8) is 0 Å². The maximum absolute atomic E-state index is 11.5. The quantitative estimate of drug-likeness (QED) is 0.754. The van der Waals surface area contributed by atoms with Gasteiger partial charge in [-0.2, -0.15) is 0 Å². The third kappa shape index (κ3) is 4.28. The van der Waals surface area contributed by atoms with Gasteiger partial charge in [-0.25, -0.2) is 0 Å². The van der Waals surface area contributed by atoms with Crippen LogP contribution >= 0.6 is 0 Å². The molecule has 17 heavy (non-hydrogen) atoms. The standard InChI is InChI=1S/C13H27N3O/c1-10(12(14)13(17)15-2)16(3)9-11-7-5-4-6-8-11/h10-12H,4-9,14H2,1-3H3,(H,15,17)/t10-,12+/m1/s1. The fourth-order valence-corrected chi connectivity index (χ4v) is 2.60. The third-order valence-electron chi connectivity index (χ3n) is 4.04. The molecule has 2 atom stereocenters. The van der Waals surface area contributed by atoms with Crippen LogP contribution in [0.4, 0.5) is 0 Å². The van der Waals surface area contributed by atoms with Crippen LogP contribution in [0, 0.1) is 5.92 Å². The molecule has 0 radical (unpaired) electrons. The van der Waals surface area contributed by atoms with Crippen LogP contribution in [0.3, 0.4) is 0 Å². The normalized spacial score (nSPS) is 21.2. The van der Waals surface area contributed by atoms with Gasteiger partial charge in [0, 0.05) is 19.6 Å². The van der Waals surface area contributed by atoms with E-state index in [0.717, 1.165) is 12.5 Å². The Labute approximate surface area is 105 Å². The van der Waals surface area contributed by atoms with Gasteiger partial charge in [-0.15, -0.1) is 0 Å². The zero-order chi connectivity index (χ0) is 12.8. The van der Waals surface area contributed by atoms with Gasteiger partial charge in [-0.1, -0.05) is 19.3 Å². The van der Waals surface area contributed by atoms with Crippen molar-refractivity contribution in [3.8, 4) is 0 Å². The summed E-state index contributed by atoms with van der Waals surface area (Å²) in [5, 5.41) is 2.61. The Morgan fingerprint density at radius 1 is 1.41 bits per heavy atom. The molecular weight excluding hydrogens is 214 g/mol. The Morgan fingerprint density at radius 3 is 2.53 bits per heavy atom. The van der Waals surface area contributed by atoms with Gasteiger partial charge in [-0.3, -0.25) is 4.79 Å². The summed E-state index contributed by atoms with van der Waals surface area (Å²) >= 11 is 0. The number of nitrogens with two attached hydrogens (primary N) is 1. The minimum atomic E-state index is -0.436. The summed E-state index contributed by atoms with van der Waals surface area (Å²) in [5.41, 5.74) is 5.92. The average molecular weight is 241 g/mol. The molecule has 1 rings (SSSR count). The highest BCUT2D eigenvalue weighted by atomic mass is 16.2. The summed E-state index contributed by atoms with van der Waals surface area (Å²) in [4.78, 5) is 13.7. The van der Waals surface area contributed by atoms with Crippen molar-refractivity contribution in [3.05, 3.63) is 0 Å². The van der Waals surface area contributed by atoms with Gasteiger partial charge in [0.25, 0.3) is 0 Å². The molecule has 0 aromatic rings. The number of nitrogens with zero attached hydrogens (tertiary/aromatic N) is 1. The van der Waals surface area contributed by atoms with Crippen molar-refractivity contribution < 1.29 is 4.79 Å². The number of carbonyl (C=O) groups excluding carboxylic acids is 1. The highest BCUT2D eigenvalue weighted by molar-refractivity contribution is 5.81. The molecule has 0 aromatic heterocycles. The zero-order valence-electron chi connectivity index (χ0n) is 11.4. The lowest BCUT2D eigenvalue weighted by Gasteiger charge is -2.33. The molecule has 1 aliphatic rings. The molecule has 100 valence electrons. The van der Waals surface area contributed by atoms with E-state index in [4.69, 9.17) is 5.73 Å². The van der Waals surface area contributed by atoms with Gasteiger partial charge in [0.1, 0.15) is 0 Å². The third-order valence-corrected chi connectivity index (χ3v) is 4.04. The van der Waals surface area contributed by atoms with Gasteiger partial charge >= 0.3 is 0 Å². The van der Waals surface area contributed by atoms with E-state index in [1.54, 1.807) is 7.05 Å². The van der Waals surface area contributed by atoms with Crippen molar-refractivity contribution >= 4 is 5.91 Å². The van der Waals surface area contributed by atoms with Crippen molar-refractivity contribution in [1.82, 2.24) is 10.2 Å². The molecule has 1 saturated carbocycles. The Kier molecular flexibility index (Phi) is 5.92. The Hall–Kier alpha value is -0.610. The number of hydrogen-bond donors (Lipinski definition) is 2. The van der Waals surface area contributed by atoms with Crippen molar-refractivity contribution in [2.75, 3.05) is 20.6 Å². The predicted octanol–water partition coefficient (Wildman–Crippen LogP) is 0.960. The second kappa shape index (κ2) is 6.97. The zero-order valence-corrected chi connectivity index (χ0v) is 11.4. The first kappa shape index (κ1) is 14.5. The number of likely N-dealkylation sites (N-methyl/N-ethyl adjacent to an activating group) is 2. The maximum atomic E-state index is 11.5. The first-order valence-electron chi connectivity index (χ1n) is 6.73. The lowest BCUT2D eigenvalue weighted by Crippen LogP contribution is -2.53. The summed E-state index contributed by atoms with van der Waals surface area (Å²) in [6, 6.07) is -0.342. The maximum Gasteiger partial charge on any atom is 0.238 e. The SMILES string of the molecule is CNC(=O)[C@@H](N)[C@@H](C)N(C)CC1CCCCC1. The molecular formula is C13H27N3O. The minimum Gasteiger partial charge on any atom is -0.358 e. The molecule has 3 N–H and O–H groups in total. The second-order valence-corrected chi connectivity index (χ2v) is 5.32. The van der Waals surface area contributed by atoms with Gasteiger partial charge in [0.2, 0.25) is 5.91 Å². The van der Waals surface area contributed by atoms with Crippen molar-refractivity contribution in [2.24, 2.45) is 11.7 Å². The highest BCUT2D eigenvalue weighted by Crippen LogP contribution is 2.24. The van der Waals surface area contributed by atoms with Crippen LogP contribution in [0.25, 0.3) is 0 Å². The fourth-order valence-electron chi connectivity index (χ4n) is 2.60. The van der Waals surface area contributed by atoms with E-state index < -0.39 is 6.04 Å². The Morgan fingerprint density at radius 2 is 2.00 bits per heavy atom.